The smallest absolute Gasteiger partial charge is 0.268 e. The Morgan fingerprint density at radius 3 is 2.48 bits per heavy atom. The molecule has 2 amide bonds. The van der Waals surface area contributed by atoms with Crippen LogP contribution in [-0.4, -0.2) is 11.8 Å². The Morgan fingerprint density at radius 2 is 1.74 bits per heavy atom. The van der Waals surface area contributed by atoms with Crippen LogP contribution in [0.15, 0.2) is 48.5 Å². The van der Waals surface area contributed by atoms with E-state index >= 15 is 0 Å². The Hall–Kier alpha value is -2.37. The number of hydrazine groups is 1. The van der Waals surface area contributed by atoms with Crippen LogP contribution in [0.5, 0.6) is 0 Å². The van der Waals surface area contributed by atoms with Crippen LogP contribution in [0.25, 0.3) is 6.08 Å². The molecule has 4 nitrogen and oxygen atoms in total. The van der Waals surface area contributed by atoms with Crippen molar-refractivity contribution in [1.29, 1.82) is 0 Å². The van der Waals surface area contributed by atoms with Gasteiger partial charge in [0.05, 0.1) is 15.6 Å². The standard InChI is InChI=1S/C16H11Cl2FN2O2/c17-12-6-3-4-10(15(12)18)8-9-14(22)20-21-16(23)11-5-1-2-7-13(11)19/h1-9H,(H,20,22)(H,21,23)/b9-8+. The van der Waals surface area contributed by atoms with Crippen molar-refractivity contribution in [3.8, 4) is 0 Å². The van der Waals surface area contributed by atoms with E-state index in [9.17, 15) is 14.0 Å². The van der Waals surface area contributed by atoms with Gasteiger partial charge in [-0.2, -0.15) is 0 Å². The first kappa shape index (κ1) is 17.0. The number of carbonyl (C=O) groups excluding carboxylic acids is 2. The summed E-state index contributed by atoms with van der Waals surface area (Å²) >= 11 is 11.8. The normalized spacial score (nSPS) is 10.6. The van der Waals surface area contributed by atoms with E-state index in [0.717, 1.165) is 6.07 Å². The van der Waals surface area contributed by atoms with Gasteiger partial charge in [-0.15, -0.1) is 0 Å². The molecule has 0 aliphatic carbocycles. The van der Waals surface area contributed by atoms with Crippen molar-refractivity contribution >= 4 is 41.1 Å². The van der Waals surface area contributed by atoms with Crippen molar-refractivity contribution in [3.05, 3.63) is 75.5 Å². The highest BCUT2D eigenvalue weighted by molar-refractivity contribution is 6.42. The highest BCUT2D eigenvalue weighted by atomic mass is 35.5. The number of hydrogen-bond acceptors (Lipinski definition) is 2. The summed E-state index contributed by atoms with van der Waals surface area (Å²) in [5.74, 6) is -2.04. The van der Waals surface area contributed by atoms with Gasteiger partial charge in [0, 0.05) is 6.08 Å². The molecule has 0 unspecified atom stereocenters. The zero-order chi connectivity index (χ0) is 16.8. The summed E-state index contributed by atoms with van der Waals surface area (Å²) in [7, 11) is 0. The van der Waals surface area contributed by atoms with Gasteiger partial charge >= 0.3 is 0 Å². The van der Waals surface area contributed by atoms with E-state index in [1.165, 1.54) is 30.4 Å². The summed E-state index contributed by atoms with van der Waals surface area (Å²) in [5, 5.41) is 0.677. The van der Waals surface area contributed by atoms with Gasteiger partial charge in [-0.3, -0.25) is 20.4 Å². The lowest BCUT2D eigenvalue weighted by Gasteiger charge is -2.06. The van der Waals surface area contributed by atoms with Gasteiger partial charge in [-0.05, 0) is 29.8 Å². The minimum Gasteiger partial charge on any atom is -0.268 e. The second-order valence-electron chi connectivity index (χ2n) is 4.40. The van der Waals surface area contributed by atoms with Crippen LogP contribution >= 0.6 is 23.2 Å². The van der Waals surface area contributed by atoms with Crippen LogP contribution in [0.3, 0.4) is 0 Å². The van der Waals surface area contributed by atoms with Crippen LogP contribution < -0.4 is 10.9 Å². The molecule has 0 radical (unpaired) electrons. The van der Waals surface area contributed by atoms with Crippen molar-refractivity contribution in [2.24, 2.45) is 0 Å². The predicted molar refractivity (Wildman–Crippen MR) is 87.5 cm³/mol. The molecular formula is C16H11Cl2FN2O2. The molecule has 0 spiro atoms. The summed E-state index contributed by atoms with van der Waals surface area (Å²) in [6.07, 6.45) is 2.61. The molecule has 0 aliphatic heterocycles. The maximum absolute atomic E-state index is 13.4. The quantitative estimate of drug-likeness (QED) is 0.654. The Labute approximate surface area is 141 Å². The largest absolute Gasteiger partial charge is 0.272 e. The summed E-state index contributed by atoms with van der Waals surface area (Å²) in [6, 6.07) is 10.4. The van der Waals surface area contributed by atoms with Crippen LogP contribution in [0.1, 0.15) is 15.9 Å². The number of rotatable bonds is 3. The Morgan fingerprint density at radius 1 is 1.00 bits per heavy atom. The number of amides is 2. The molecule has 2 N–H and O–H groups in total. The average Bonchev–Trinajstić information content (AvgIpc) is 2.54. The van der Waals surface area contributed by atoms with Crippen LogP contribution in [0, 0.1) is 5.82 Å². The molecule has 0 saturated heterocycles. The average molecular weight is 353 g/mol. The predicted octanol–water partition coefficient (Wildman–Crippen LogP) is 3.61. The first-order valence-corrected chi connectivity index (χ1v) is 7.21. The molecule has 0 aliphatic rings. The zero-order valence-corrected chi connectivity index (χ0v) is 13.2. The van der Waals surface area contributed by atoms with Gasteiger partial charge in [-0.25, -0.2) is 4.39 Å². The Bertz CT molecular complexity index is 778. The lowest BCUT2D eigenvalue weighted by Crippen LogP contribution is -2.41. The third-order valence-electron chi connectivity index (χ3n) is 2.81. The fraction of sp³-hybridized carbons (Fsp3) is 0. The van der Waals surface area contributed by atoms with Crippen molar-refractivity contribution < 1.29 is 14.0 Å². The van der Waals surface area contributed by atoms with Gasteiger partial charge in [0.2, 0.25) is 0 Å². The van der Waals surface area contributed by atoms with Crippen molar-refractivity contribution in [2.75, 3.05) is 0 Å². The maximum Gasteiger partial charge on any atom is 0.272 e. The molecule has 0 fully saturated rings. The highest BCUT2D eigenvalue weighted by Crippen LogP contribution is 2.26. The SMILES string of the molecule is O=C(/C=C/c1cccc(Cl)c1Cl)NNC(=O)c1ccccc1F. The van der Waals surface area contributed by atoms with Crippen molar-refractivity contribution in [1.82, 2.24) is 10.9 Å². The molecule has 0 saturated carbocycles. The molecule has 2 aromatic rings. The number of carbonyl (C=O) groups is 2. The Balaban J connectivity index is 1.95. The number of hydrogen-bond donors (Lipinski definition) is 2. The van der Waals surface area contributed by atoms with E-state index in [4.69, 9.17) is 23.2 Å². The fourth-order valence-corrected chi connectivity index (χ4v) is 2.06. The van der Waals surface area contributed by atoms with Gasteiger partial charge in [0.1, 0.15) is 5.82 Å². The van der Waals surface area contributed by atoms with Gasteiger partial charge in [-0.1, -0.05) is 47.5 Å². The third kappa shape index (κ3) is 4.55. The first-order valence-electron chi connectivity index (χ1n) is 6.46. The second kappa shape index (κ2) is 7.76. The molecule has 0 aromatic heterocycles. The lowest BCUT2D eigenvalue weighted by atomic mass is 10.2. The minimum atomic E-state index is -0.759. The van der Waals surface area contributed by atoms with Crippen molar-refractivity contribution in [2.45, 2.75) is 0 Å². The van der Waals surface area contributed by atoms with E-state index < -0.39 is 17.6 Å². The molecular weight excluding hydrogens is 342 g/mol. The molecule has 2 aromatic carbocycles. The van der Waals surface area contributed by atoms with E-state index in [1.54, 1.807) is 18.2 Å². The Kier molecular flexibility index (Phi) is 5.73. The lowest BCUT2D eigenvalue weighted by molar-refractivity contribution is -0.117. The maximum atomic E-state index is 13.4. The molecule has 0 bridgehead atoms. The number of benzene rings is 2. The van der Waals surface area contributed by atoms with E-state index in [-0.39, 0.29) is 5.56 Å². The topological polar surface area (TPSA) is 58.2 Å². The number of halogens is 3. The second-order valence-corrected chi connectivity index (χ2v) is 5.18. The molecule has 0 heterocycles. The van der Waals surface area contributed by atoms with Crippen molar-refractivity contribution in [3.63, 3.8) is 0 Å². The minimum absolute atomic E-state index is 0.172. The molecule has 7 heteroatoms. The third-order valence-corrected chi connectivity index (χ3v) is 3.65. The summed E-state index contributed by atoms with van der Waals surface area (Å²) < 4.78 is 13.4. The monoisotopic (exact) mass is 352 g/mol. The summed E-state index contributed by atoms with van der Waals surface area (Å²) in [5.41, 5.74) is 4.64. The van der Waals surface area contributed by atoms with Gasteiger partial charge in [0.15, 0.2) is 0 Å². The van der Waals surface area contributed by atoms with E-state index in [0.29, 0.717) is 15.6 Å². The zero-order valence-electron chi connectivity index (χ0n) is 11.6. The summed E-state index contributed by atoms with van der Waals surface area (Å²) in [6.45, 7) is 0. The van der Waals surface area contributed by atoms with E-state index in [1.807, 2.05) is 0 Å². The van der Waals surface area contributed by atoms with Crippen LogP contribution in [0.2, 0.25) is 10.0 Å². The van der Waals surface area contributed by atoms with Gasteiger partial charge in [0.25, 0.3) is 11.8 Å². The van der Waals surface area contributed by atoms with Crippen LogP contribution in [0.4, 0.5) is 4.39 Å². The first-order chi connectivity index (χ1) is 11.0. The summed E-state index contributed by atoms with van der Waals surface area (Å²) in [4.78, 5) is 23.4. The molecule has 0 atom stereocenters. The van der Waals surface area contributed by atoms with E-state index in [2.05, 4.69) is 10.9 Å². The van der Waals surface area contributed by atoms with Gasteiger partial charge < -0.3 is 0 Å². The van der Waals surface area contributed by atoms with Crippen LogP contribution in [-0.2, 0) is 4.79 Å². The molecule has 23 heavy (non-hydrogen) atoms. The molecule has 2 rings (SSSR count). The number of nitrogens with one attached hydrogen (secondary N) is 2. The fourth-order valence-electron chi connectivity index (χ4n) is 1.69. The molecule has 118 valence electrons. The highest BCUT2D eigenvalue weighted by Gasteiger charge is 2.10.